The van der Waals surface area contributed by atoms with Crippen molar-refractivity contribution < 1.29 is 0 Å². The van der Waals surface area contributed by atoms with E-state index < -0.39 is 0 Å². The van der Waals surface area contributed by atoms with E-state index >= 15 is 0 Å². The van der Waals surface area contributed by atoms with Crippen molar-refractivity contribution in [1.29, 1.82) is 0 Å². The van der Waals surface area contributed by atoms with Gasteiger partial charge in [0, 0.05) is 12.6 Å². The predicted molar refractivity (Wildman–Crippen MR) is 78.7 cm³/mol. The Morgan fingerprint density at radius 3 is 2.56 bits per heavy atom. The van der Waals surface area contributed by atoms with Crippen molar-refractivity contribution in [3.05, 3.63) is 48.0 Å². The van der Waals surface area contributed by atoms with E-state index in [9.17, 15) is 0 Å². The predicted octanol–water partition coefficient (Wildman–Crippen LogP) is 3.18. The molecule has 0 amide bonds. The Balaban J connectivity index is 2.15. The molecule has 2 aromatic rings. The molecule has 0 aliphatic heterocycles. The van der Waals surface area contributed by atoms with Crippen molar-refractivity contribution >= 4 is 10.8 Å². The first-order valence-electron chi connectivity index (χ1n) is 6.63. The molecule has 1 unspecified atom stereocenters. The Morgan fingerprint density at radius 2 is 1.83 bits per heavy atom. The maximum atomic E-state index is 6.28. The molecule has 0 spiro atoms. The fourth-order valence-corrected chi connectivity index (χ4v) is 2.35. The highest BCUT2D eigenvalue weighted by atomic mass is 15.1. The van der Waals surface area contributed by atoms with Crippen molar-refractivity contribution in [3.63, 3.8) is 0 Å². The van der Waals surface area contributed by atoms with Gasteiger partial charge in [0.25, 0.3) is 0 Å². The minimum Gasteiger partial charge on any atom is -0.323 e. The summed E-state index contributed by atoms with van der Waals surface area (Å²) in [6, 6.07) is 15.0. The fraction of sp³-hybridized carbons (Fsp3) is 0.375. The third-order valence-electron chi connectivity index (χ3n) is 3.32. The number of likely N-dealkylation sites (N-methyl/N-ethyl adjacent to an activating group) is 1. The van der Waals surface area contributed by atoms with Crippen LogP contribution in [0.4, 0.5) is 0 Å². The number of hydrogen-bond acceptors (Lipinski definition) is 2. The summed E-state index contributed by atoms with van der Waals surface area (Å²) in [6.07, 6.45) is 1.17. The molecular weight excluding hydrogens is 220 g/mol. The van der Waals surface area contributed by atoms with Gasteiger partial charge < -0.3 is 10.6 Å². The molecule has 0 saturated carbocycles. The molecule has 2 rings (SSSR count). The molecule has 0 saturated heterocycles. The molecule has 2 heteroatoms. The van der Waals surface area contributed by atoms with E-state index in [1.807, 2.05) is 0 Å². The molecular formula is C16H22N2. The number of benzene rings is 2. The van der Waals surface area contributed by atoms with Gasteiger partial charge in [0.05, 0.1) is 0 Å². The van der Waals surface area contributed by atoms with Gasteiger partial charge in [0.1, 0.15) is 0 Å². The van der Waals surface area contributed by atoms with Gasteiger partial charge in [-0.25, -0.2) is 0 Å². The lowest BCUT2D eigenvalue weighted by Gasteiger charge is -2.21. The van der Waals surface area contributed by atoms with Crippen LogP contribution >= 0.6 is 0 Å². The van der Waals surface area contributed by atoms with Crippen LogP contribution in [0.25, 0.3) is 10.8 Å². The normalized spacial score (nSPS) is 13.1. The number of nitrogens with two attached hydrogens (primary N) is 1. The van der Waals surface area contributed by atoms with Gasteiger partial charge in [0.2, 0.25) is 0 Å². The van der Waals surface area contributed by atoms with Crippen molar-refractivity contribution in [3.8, 4) is 0 Å². The molecule has 18 heavy (non-hydrogen) atoms. The van der Waals surface area contributed by atoms with E-state index in [2.05, 4.69) is 61.3 Å². The highest BCUT2D eigenvalue weighted by Crippen LogP contribution is 2.19. The summed E-state index contributed by atoms with van der Waals surface area (Å²) >= 11 is 0. The number of fused-ring (bicyclic) bond motifs is 1. The van der Waals surface area contributed by atoms with Crippen LogP contribution in [0.3, 0.4) is 0 Å². The van der Waals surface area contributed by atoms with Crippen molar-refractivity contribution in [2.75, 3.05) is 20.1 Å². The highest BCUT2D eigenvalue weighted by molar-refractivity contribution is 5.83. The summed E-state index contributed by atoms with van der Waals surface area (Å²) in [5.74, 6) is 0. The Morgan fingerprint density at radius 1 is 1.11 bits per heavy atom. The standard InChI is InChI=1S/C16H22N2/c1-3-10-18(2)12-16(17)15-9-8-13-6-4-5-7-14(13)11-15/h4-9,11,16H,3,10,12,17H2,1-2H3. The Kier molecular flexibility index (Phi) is 4.34. The molecule has 0 bridgehead atoms. The van der Waals surface area contributed by atoms with Gasteiger partial charge in [-0.2, -0.15) is 0 Å². The zero-order valence-corrected chi connectivity index (χ0v) is 11.3. The van der Waals surface area contributed by atoms with Crippen LogP contribution in [-0.2, 0) is 0 Å². The lowest BCUT2D eigenvalue weighted by atomic mass is 10.0. The van der Waals surface area contributed by atoms with Crippen LogP contribution in [-0.4, -0.2) is 25.0 Å². The first-order chi connectivity index (χ1) is 8.70. The smallest absolute Gasteiger partial charge is 0.0424 e. The Labute approximate surface area is 109 Å². The van der Waals surface area contributed by atoms with Gasteiger partial charge in [-0.1, -0.05) is 43.3 Å². The maximum absolute atomic E-state index is 6.28. The zero-order chi connectivity index (χ0) is 13.0. The van der Waals surface area contributed by atoms with Crippen molar-refractivity contribution in [2.45, 2.75) is 19.4 Å². The van der Waals surface area contributed by atoms with Gasteiger partial charge >= 0.3 is 0 Å². The van der Waals surface area contributed by atoms with E-state index in [0.29, 0.717) is 0 Å². The number of hydrogen-bond donors (Lipinski definition) is 1. The van der Waals surface area contributed by atoms with E-state index in [1.165, 1.54) is 22.8 Å². The molecule has 0 aromatic heterocycles. The summed E-state index contributed by atoms with van der Waals surface area (Å²) in [5.41, 5.74) is 7.49. The molecule has 0 fully saturated rings. The first kappa shape index (κ1) is 13.1. The third-order valence-corrected chi connectivity index (χ3v) is 3.32. The van der Waals surface area contributed by atoms with Crippen LogP contribution in [0.2, 0.25) is 0 Å². The van der Waals surface area contributed by atoms with Crippen LogP contribution in [0.15, 0.2) is 42.5 Å². The fourth-order valence-electron chi connectivity index (χ4n) is 2.35. The summed E-state index contributed by atoms with van der Waals surface area (Å²) in [6.45, 7) is 4.20. The van der Waals surface area contributed by atoms with Crippen LogP contribution in [0.1, 0.15) is 24.9 Å². The average Bonchev–Trinajstić information content (AvgIpc) is 2.38. The zero-order valence-electron chi connectivity index (χ0n) is 11.3. The SMILES string of the molecule is CCCN(C)CC(N)c1ccc2ccccc2c1. The second-order valence-electron chi connectivity index (χ2n) is 4.98. The summed E-state index contributed by atoms with van der Waals surface area (Å²) in [7, 11) is 2.13. The topological polar surface area (TPSA) is 29.3 Å². The second kappa shape index (κ2) is 5.98. The second-order valence-corrected chi connectivity index (χ2v) is 4.98. The van der Waals surface area contributed by atoms with Crippen LogP contribution in [0, 0.1) is 0 Å². The van der Waals surface area contributed by atoms with Gasteiger partial charge in [0.15, 0.2) is 0 Å². The molecule has 0 radical (unpaired) electrons. The van der Waals surface area contributed by atoms with Gasteiger partial charge in [-0.05, 0) is 42.4 Å². The quantitative estimate of drug-likeness (QED) is 0.872. The highest BCUT2D eigenvalue weighted by Gasteiger charge is 2.09. The Bertz CT molecular complexity index is 507. The average molecular weight is 242 g/mol. The Hall–Kier alpha value is -1.38. The van der Waals surface area contributed by atoms with Crippen LogP contribution < -0.4 is 5.73 Å². The molecule has 2 nitrogen and oxygen atoms in total. The number of rotatable bonds is 5. The molecule has 1 atom stereocenters. The first-order valence-corrected chi connectivity index (χ1v) is 6.63. The molecule has 0 aliphatic carbocycles. The lowest BCUT2D eigenvalue weighted by molar-refractivity contribution is 0.313. The lowest BCUT2D eigenvalue weighted by Crippen LogP contribution is -2.29. The molecule has 2 aromatic carbocycles. The molecule has 0 heterocycles. The summed E-state index contributed by atoms with van der Waals surface area (Å²) in [5, 5.41) is 2.54. The molecule has 2 N–H and O–H groups in total. The van der Waals surface area contributed by atoms with Gasteiger partial charge in [-0.15, -0.1) is 0 Å². The van der Waals surface area contributed by atoms with Crippen LogP contribution in [0.5, 0.6) is 0 Å². The molecule has 0 aliphatic rings. The largest absolute Gasteiger partial charge is 0.323 e. The van der Waals surface area contributed by atoms with Crippen molar-refractivity contribution in [2.24, 2.45) is 5.73 Å². The van der Waals surface area contributed by atoms with E-state index in [1.54, 1.807) is 0 Å². The summed E-state index contributed by atoms with van der Waals surface area (Å²) < 4.78 is 0. The monoisotopic (exact) mass is 242 g/mol. The van der Waals surface area contributed by atoms with E-state index in [0.717, 1.165) is 13.1 Å². The van der Waals surface area contributed by atoms with Gasteiger partial charge in [-0.3, -0.25) is 0 Å². The number of nitrogens with zero attached hydrogens (tertiary/aromatic N) is 1. The molecule has 96 valence electrons. The van der Waals surface area contributed by atoms with E-state index in [-0.39, 0.29) is 6.04 Å². The minimum absolute atomic E-state index is 0.0890. The third kappa shape index (κ3) is 3.09. The minimum atomic E-state index is 0.0890. The van der Waals surface area contributed by atoms with E-state index in [4.69, 9.17) is 5.73 Å². The summed E-state index contributed by atoms with van der Waals surface area (Å²) in [4.78, 5) is 2.29. The van der Waals surface area contributed by atoms with Crippen molar-refractivity contribution in [1.82, 2.24) is 4.90 Å². The maximum Gasteiger partial charge on any atom is 0.0424 e.